The first kappa shape index (κ1) is 16.0. The molecule has 0 aliphatic heterocycles. The lowest BCUT2D eigenvalue weighted by Gasteiger charge is -2.24. The van der Waals surface area contributed by atoms with Crippen LogP contribution in [-0.4, -0.2) is 32.5 Å². The van der Waals surface area contributed by atoms with Crippen molar-refractivity contribution in [2.45, 2.75) is 39.0 Å². The van der Waals surface area contributed by atoms with Gasteiger partial charge in [-0.25, -0.2) is 0 Å². The van der Waals surface area contributed by atoms with E-state index in [1.54, 1.807) is 7.11 Å². The van der Waals surface area contributed by atoms with Gasteiger partial charge in [-0.2, -0.15) is 0 Å². The minimum absolute atomic E-state index is 0.0410. The molecule has 108 valence electrons. The van der Waals surface area contributed by atoms with Crippen LogP contribution in [0.1, 0.15) is 32.4 Å². The number of hydrogen-bond acceptors (Lipinski definition) is 4. The molecule has 3 atom stereocenters. The Hall–Kier alpha value is -1.10. The van der Waals surface area contributed by atoms with Crippen molar-refractivity contribution in [1.82, 2.24) is 0 Å². The first-order valence-corrected chi connectivity index (χ1v) is 6.71. The third kappa shape index (κ3) is 5.19. The summed E-state index contributed by atoms with van der Waals surface area (Å²) >= 11 is 0. The van der Waals surface area contributed by atoms with Crippen LogP contribution in [0.15, 0.2) is 24.3 Å². The molecule has 2 N–H and O–H groups in total. The summed E-state index contributed by atoms with van der Waals surface area (Å²) < 4.78 is 16.3. The largest absolute Gasteiger partial charge is 0.497 e. The second-order valence-electron chi connectivity index (χ2n) is 4.61. The molecule has 0 fully saturated rings. The van der Waals surface area contributed by atoms with Gasteiger partial charge in [-0.05, 0) is 38.5 Å². The van der Waals surface area contributed by atoms with Crippen molar-refractivity contribution < 1.29 is 14.2 Å². The van der Waals surface area contributed by atoms with E-state index in [0.717, 1.165) is 11.3 Å². The van der Waals surface area contributed by atoms with Gasteiger partial charge in [0.1, 0.15) is 5.75 Å². The van der Waals surface area contributed by atoms with E-state index in [2.05, 4.69) is 0 Å². The van der Waals surface area contributed by atoms with Gasteiger partial charge >= 0.3 is 0 Å². The van der Waals surface area contributed by atoms with Gasteiger partial charge in [-0.15, -0.1) is 0 Å². The molecule has 0 heterocycles. The van der Waals surface area contributed by atoms with E-state index in [1.165, 1.54) is 0 Å². The number of benzene rings is 1. The molecule has 4 heteroatoms. The third-order valence-corrected chi connectivity index (χ3v) is 3.01. The summed E-state index contributed by atoms with van der Waals surface area (Å²) in [7, 11) is 1.65. The Labute approximate surface area is 115 Å². The van der Waals surface area contributed by atoms with E-state index in [-0.39, 0.29) is 18.2 Å². The van der Waals surface area contributed by atoms with Crippen LogP contribution in [0.5, 0.6) is 5.75 Å². The Morgan fingerprint density at radius 3 is 2.32 bits per heavy atom. The lowest BCUT2D eigenvalue weighted by atomic mass is 10.0. The standard InChI is InChI=1S/C15H25NO3/c1-5-18-10-11(2)19-12(3)15(16)13-6-8-14(17-4)9-7-13/h6-9,11-12,15H,5,10,16H2,1-4H3. The van der Waals surface area contributed by atoms with Crippen LogP contribution in [0.2, 0.25) is 0 Å². The quantitative estimate of drug-likeness (QED) is 0.786. The van der Waals surface area contributed by atoms with Gasteiger partial charge in [0.25, 0.3) is 0 Å². The molecule has 19 heavy (non-hydrogen) atoms. The van der Waals surface area contributed by atoms with Crippen LogP contribution in [0.4, 0.5) is 0 Å². The van der Waals surface area contributed by atoms with Crippen molar-refractivity contribution in [3.63, 3.8) is 0 Å². The van der Waals surface area contributed by atoms with E-state index >= 15 is 0 Å². The molecular formula is C15H25NO3. The summed E-state index contributed by atoms with van der Waals surface area (Å²) in [6, 6.07) is 7.60. The maximum Gasteiger partial charge on any atom is 0.118 e. The van der Waals surface area contributed by atoms with Crippen molar-refractivity contribution >= 4 is 0 Å². The molecule has 1 aromatic rings. The number of rotatable bonds is 8. The van der Waals surface area contributed by atoms with Gasteiger partial charge < -0.3 is 19.9 Å². The summed E-state index contributed by atoms with van der Waals surface area (Å²) in [5.74, 6) is 0.828. The molecule has 0 spiro atoms. The Balaban J connectivity index is 2.52. The maximum absolute atomic E-state index is 6.20. The van der Waals surface area contributed by atoms with Crippen molar-refractivity contribution in [3.05, 3.63) is 29.8 Å². The first-order chi connectivity index (χ1) is 9.08. The lowest BCUT2D eigenvalue weighted by Crippen LogP contribution is -2.31. The molecular weight excluding hydrogens is 242 g/mol. The zero-order valence-corrected chi connectivity index (χ0v) is 12.3. The zero-order valence-electron chi connectivity index (χ0n) is 12.3. The summed E-state index contributed by atoms with van der Waals surface area (Å²) in [6.07, 6.45) is -0.0249. The zero-order chi connectivity index (χ0) is 14.3. The van der Waals surface area contributed by atoms with Crippen molar-refractivity contribution in [1.29, 1.82) is 0 Å². The number of nitrogens with two attached hydrogens (primary N) is 1. The third-order valence-electron chi connectivity index (χ3n) is 3.01. The van der Waals surface area contributed by atoms with Crippen molar-refractivity contribution in [2.75, 3.05) is 20.3 Å². The smallest absolute Gasteiger partial charge is 0.118 e. The number of ether oxygens (including phenoxy) is 3. The summed E-state index contributed by atoms with van der Waals surface area (Å²) in [5, 5.41) is 0. The van der Waals surface area contributed by atoms with Crippen LogP contribution in [0.25, 0.3) is 0 Å². The molecule has 3 unspecified atom stereocenters. The molecule has 0 aliphatic rings. The van der Waals surface area contributed by atoms with Crippen LogP contribution < -0.4 is 10.5 Å². The minimum Gasteiger partial charge on any atom is -0.497 e. The molecule has 0 saturated heterocycles. The van der Waals surface area contributed by atoms with Crippen LogP contribution in [0.3, 0.4) is 0 Å². The highest BCUT2D eigenvalue weighted by molar-refractivity contribution is 5.29. The van der Waals surface area contributed by atoms with Crippen LogP contribution in [0, 0.1) is 0 Å². The lowest BCUT2D eigenvalue weighted by molar-refractivity contribution is -0.0481. The molecule has 0 bridgehead atoms. The maximum atomic E-state index is 6.20. The molecule has 1 aromatic carbocycles. The molecule has 0 aromatic heterocycles. The molecule has 0 aliphatic carbocycles. The molecule has 4 nitrogen and oxygen atoms in total. The molecule has 1 rings (SSSR count). The first-order valence-electron chi connectivity index (χ1n) is 6.71. The molecule has 0 amide bonds. The fourth-order valence-corrected chi connectivity index (χ4v) is 1.87. The van der Waals surface area contributed by atoms with E-state index in [4.69, 9.17) is 19.9 Å². The second-order valence-corrected chi connectivity index (χ2v) is 4.61. The van der Waals surface area contributed by atoms with Crippen molar-refractivity contribution in [3.8, 4) is 5.75 Å². The van der Waals surface area contributed by atoms with Gasteiger partial charge in [0.15, 0.2) is 0 Å². The Morgan fingerprint density at radius 2 is 1.79 bits per heavy atom. The number of methoxy groups -OCH3 is 1. The topological polar surface area (TPSA) is 53.7 Å². The van der Waals surface area contributed by atoms with Gasteiger partial charge in [0.2, 0.25) is 0 Å². The monoisotopic (exact) mass is 267 g/mol. The van der Waals surface area contributed by atoms with Gasteiger partial charge in [-0.1, -0.05) is 12.1 Å². The minimum atomic E-state index is -0.157. The van der Waals surface area contributed by atoms with E-state index in [0.29, 0.717) is 13.2 Å². The van der Waals surface area contributed by atoms with Gasteiger partial charge in [0, 0.05) is 6.61 Å². The fraction of sp³-hybridized carbons (Fsp3) is 0.600. The predicted octanol–water partition coefficient (Wildman–Crippen LogP) is 2.53. The summed E-state index contributed by atoms with van der Waals surface area (Å²) in [6.45, 7) is 7.24. The van der Waals surface area contributed by atoms with Crippen LogP contribution >= 0.6 is 0 Å². The van der Waals surface area contributed by atoms with E-state index < -0.39 is 0 Å². The van der Waals surface area contributed by atoms with Crippen LogP contribution in [-0.2, 0) is 9.47 Å². The SMILES string of the molecule is CCOCC(C)OC(C)C(N)c1ccc(OC)cc1. The number of hydrogen-bond donors (Lipinski definition) is 1. The normalized spacial score (nSPS) is 15.8. The Morgan fingerprint density at radius 1 is 1.16 bits per heavy atom. The van der Waals surface area contributed by atoms with E-state index in [1.807, 2.05) is 45.0 Å². The second kappa shape index (κ2) is 8.15. The van der Waals surface area contributed by atoms with Gasteiger partial charge in [-0.3, -0.25) is 0 Å². The average Bonchev–Trinajstić information content (AvgIpc) is 2.44. The highest BCUT2D eigenvalue weighted by Crippen LogP contribution is 2.20. The Bertz CT molecular complexity index is 353. The highest BCUT2D eigenvalue weighted by atomic mass is 16.5. The Kier molecular flexibility index (Phi) is 6.84. The van der Waals surface area contributed by atoms with Gasteiger partial charge in [0.05, 0.1) is 32.0 Å². The summed E-state index contributed by atoms with van der Waals surface area (Å²) in [4.78, 5) is 0. The average molecular weight is 267 g/mol. The van der Waals surface area contributed by atoms with E-state index in [9.17, 15) is 0 Å². The predicted molar refractivity (Wildman–Crippen MR) is 76.4 cm³/mol. The van der Waals surface area contributed by atoms with Crippen molar-refractivity contribution in [2.24, 2.45) is 5.73 Å². The highest BCUT2D eigenvalue weighted by Gasteiger charge is 2.18. The molecule has 0 saturated carbocycles. The fourth-order valence-electron chi connectivity index (χ4n) is 1.87. The summed E-state index contributed by atoms with van der Waals surface area (Å²) in [5.41, 5.74) is 7.24. The molecule has 0 radical (unpaired) electrons.